The maximum Gasteiger partial charge on any atom is 0.136 e. The molecule has 0 amide bonds. The van der Waals surface area contributed by atoms with E-state index in [1.165, 1.54) is 24.2 Å². The van der Waals surface area contributed by atoms with Crippen LogP contribution in [0.3, 0.4) is 0 Å². The van der Waals surface area contributed by atoms with Crippen molar-refractivity contribution in [1.29, 1.82) is 0 Å². The summed E-state index contributed by atoms with van der Waals surface area (Å²) in [6.45, 7) is 2.12. The molecule has 0 saturated carbocycles. The van der Waals surface area contributed by atoms with Crippen molar-refractivity contribution in [2.45, 2.75) is 19.3 Å². The van der Waals surface area contributed by atoms with Crippen molar-refractivity contribution in [3.63, 3.8) is 0 Å². The van der Waals surface area contributed by atoms with E-state index in [9.17, 15) is 0 Å². The average Bonchev–Trinajstić information content (AvgIpc) is 3.41. The van der Waals surface area contributed by atoms with Gasteiger partial charge in [0.25, 0.3) is 0 Å². The first-order valence-corrected chi connectivity index (χ1v) is 11.0. The van der Waals surface area contributed by atoms with E-state index in [2.05, 4.69) is 20.9 Å². The minimum absolute atomic E-state index is 0. The third-order valence-corrected chi connectivity index (χ3v) is 6.40. The molecule has 4 aromatic rings. The third-order valence-electron chi connectivity index (χ3n) is 5.39. The number of anilines is 1. The number of thiazole rings is 1. The number of halogens is 3. The number of aromatic nitrogens is 2. The molecule has 30 heavy (non-hydrogen) atoms. The van der Waals surface area contributed by atoms with Crippen LogP contribution in [0.5, 0.6) is 0 Å². The Balaban J connectivity index is 0.00000218. The third kappa shape index (κ3) is 4.02. The van der Waals surface area contributed by atoms with E-state index in [1.54, 1.807) is 17.6 Å². The molecule has 2 aromatic heterocycles. The number of fused-ring (bicyclic) bond motifs is 1. The van der Waals surface area contributed by atoms with Gasteiger partial charge in [0, 0.05) is 36.3 Å². The smallest absolute Gasteiger partial charge is 0.136 e. The highest BCUT2D eigenvalue weighted by Crippen LogP contribution is 2.36. The van der Waals surface area contributed by atoms with Gasteiger partial charge in [-0.25, -0.2) is 14.4 Å². The zero-order chi connectivity index (χ0) is 19.8. The molecule has 0 aliphatic carbocycles. The summed E-state index contributed by atoms with van der Waals surface area (Å²) in [5, 5.41) is 0.581. The number of hydrogen-bond donors (Lipinski definition) is 0. The molecule has 0 unspecified atom stereocenters. The first kappa shape index (κ1) is 21.0. The van der Waals surface area contributed by atoms with Gasteiger partial charge in [-0.3, -0.25) is 0 Å². The maximum atomic E-state index is 15.6. The van der Waals surface area contributed by atoms with Crippen LogP contribution in [0, 0.1) is 5.82 Å². The highest BCUT2D eigenvalue weighted by atomic mass is 35.5. The zero-order valence-electron chi connectivity index (χ0n) is 16.1. The van der Waals surface area contributed by atoms with Gasteiger partial charge in [-0.15, -0.1) is 23.7 Å². The fraction of sp³-hybridized carbons (Fsp3) is 0.217. The molecular weight excluding hydrogens is 440 g/mol. The molecule has 1 fully saturated rings. The second-order valence-electron chi connectivity index (χ2n) is 7.33. The minimum atomic E-state index is -0.241. The molecule has 0 radical (unpaired) electrons. The Labute approximate surface area is 190 Å². The van der Waals surface area contributed by atoms with Gasteiger partial charge in [0.1, 0.15) is 11.6 Å². The fourth-order valence-corrected chi connectivity index (χ4v) is 4.88. The van der Waals surface area contributed by atoms with E-state index >= 15 is 4.39 Å². The second kappa shape index (κ2) is 8.88. The van der Waals surface area contributed by atoms with Crippen molar-refractivity contribution >= 4 is 51.4 Å². The Morgan fingerprint density at radius 2 is 1.90 bits per heavy atom. The van der Waals surface area contributed by atoms with Crippen LogP contribution in [0.2, 0.25) is 5.02 Å². The average molecular weight is 460 g/mol. The predicted octanol–water partition coefficient (Wildman–Crippen LogP) is 6.76. The standard InChI is InChI=1S/C23H19ClFN3S.ClH/c24-18-5-3-4-16(11-18)21-22(25)17(12-19-23(21)27-14-29-19)10-15-6-7-20(26-13-15)28-8-1-2-9-28;/h3-7,11-14H,1-2,8-10H2;1H. The number of benzene rings is 2. The van der Waals surface area contributed by atoms with Crippen LogP contribution in [0.15, 0.2) is 54.2 Å². The molecule has 3 nitrogen and oxygen atoms in total. The first-order valence-electron chi connectivity index (χ1n) is 9.69. The van der Waals surface area contributed by atoms with Crippen molar-refractivity contribution in [2.24, 2.45) is 0 Å². The summed E-state index contributed by atoms with van der Waals surface area (Å²) < 4.78 is 16.6. The number of pyridine rings is 1. The summed E-state index contributed by atoms with van der Waals surface area (Å²) in [4.78, 5) is 11.3. The molecule has 1 aliphatic rings. The summed E-state index contributed by atoms with van der Waals surface area (Å²) in [7, 11) is 0. The quantitative estimate of drug-likeness (QED) is 0.337. The highest BCUT2D eigenvalue weighted by molar-refractivity contribution is 7.16. The lowest BCUT2D eigenvalue weighted by Gasteiger charge is -2.16. The monoisotopic (exact) mass is 459 g/mol. The van der Waals surface area contributed by atoms with Crippen molar-refractivity contribution in [3.05, 3.63) is 76.1 Å². The molecule has 0 bridgehead atoms. The van der Waals surface area contributed by atoms with Gasteiger partial charge in [0.15, 0.2) is 0 Å². The Morgan fingerprint density at radius 1 is 1.07 bits per heavy atom. The molecule has 2 aromatic carbocycles. The molecular formula is C23H20Cl2FN3S. The summed E-state index contributed by atoms with van der Waals surface area (Å²) in [6.07, 6.45) is 4.79. The molecule has 1 aliphatic heterocycles. The van der Waals surface area contributed by atoms with E-state index in [4.69, 9.17) is 11.6 Å². The van der Waals surface area contributed by atoms with Crippen LogP contribution in [0.4, 0.5) is 10.2 Å². The van der Waals surface area contributed by atoms with E-state index < -0.39 is 0 Å². The minimum Gasteiger partial charge on any atom is -0.357 e. The molecule has 5 rings (SSSR count). The molecule has 0 N–H and O–H groups in total. The molecule has 0 spiro atoms. The summed E-state index contributed by atoms with van der Waals surface area (Å²) >= 11 is 7.68. The van der Waals surface area contributed by atoms with Gasteiger partial charge < -0.3 is 4.90 Å². The van der Waals surface area contributed by atoms with Crippen molar-refractivity contribution < 1.29 is 4.39 Å². The summed E-state index contributed by atoms with van der Waals surface area (Å²) in [5.74, 6) is 0.763. The Hall–Kier alpha value is -2.21. The lowest BCUT2D eigenvalue weighted by Crippen LogP contribution is -2.18. The van der Waals surface area contributed by atoms with Crippen molar-refractivity contribution in [2.75, 3.05) is 18.0 Å². The first-order chi connectivity index (χ1) is 14.2. The van der Waals surface area contributed by atoms with Gasteiger partial charge in [-0.2, -0.15) is 0 Å². The van der Waals surface area contributed by atoms with Crippen LogP contribution in [-0.4, -0.2) is 23.1 Å². The van der Waals surface area contributed by atoms with Gasteiger partial charge in [0.05, 0.1) is 15.7 Å². The van der Waals surface area contributed by atoms with Gasteiger partial charge >= 0.3 is 0 Å². The summed E-state index contributed by atoms with van der Waals surface area (Å²) in [6, 6.07) is 13.3. The van der Waals surface area contributed by atoms with Crippen molar-refractivity contribution in [3.8, 4) is 11.1 Å². The molecule has 7 heteroatoms. The second-order valence-corrected chi connectivity index (χ2v) is 8.65. The zero-order valence-corrected chi connectivity index (χ0v) is 18.5. The van der Waals surface area contributed by atoms with Crippen LogP contribution in [0.1, 0.15) is 24.0 Å². The number of nitrogens with zero attached hydrogens (tertiary/aromatic N) is 3. The van der Waals surface area contributed by atoms with Crippen LogP contribution < -0.4 is 4.90 Å². The van der Waals surface area contributed by atoms with E-state index in [0.717, 1.165) is 34.7 Å². The van der Waals surface area contributed by atoms with Crippen LogP contribution in [0.25, 0.3) is 21.3 Å². The van der Waals surface area contributed by atoms with E-state index in [-0.39, 0.29) is 18.2 Å². The van der Waals surface area contributed by atoms with E-state index in [1.807, 2.05) is 30.5 Å². The van der Waals surface area contributed by atoms with E-state index in [0.29, 0.717) is 28.1 Å². The van der Waals surface area contributed by atoms with Crippen molar-refractivity contribution in [1.82, 2.24) is 9.97 Å². The Kier molecular flexibility index (Phi) is 6.23. The summed E-state index contributed by atoms with van der Waals surface area (Å²) in [5.41, 5.74) is 5.34. The number of hydrogen-bond acceptors (Lipinski definition) is 4. The fourth-order valence-electron chi connectivity index (χ4n) is 3.94. The van der Waals surface area contributed by atoms with Crippen LogP contribution >= 0.6 is 35.3 Å². The molecule has 0 atom stereocenters. The van der Waals surface area contributed by atoms with Gasteiger partial charge in [-0.1, -0.05) is 29.8 Å². The normalized spacial score (nSPS) is 13.6. The predicted molar refractivity (Wildman–Crippen MR) is 126 cm³/mol. The van der Waals surface area contributed by atoms with Gasteiger partial charge in [-0.05, 0) is 53.8 Å². The largest absolute Gasteiger partial charge is 0.357 e. The van der Waals surface area contributed by atoms with Crippen LogP contribution in [-0.2, 0) is 6.42 Å². The topological polar surface area (TPSA) is 29.0 Å². The Bertz CT molecular complexity index is 1170. The van der Waals surface area contributed by atoms with Gasteiger partial charge in [0.2, 0.25) is 0 Å². The molecule has 1 saturated heterocycles. The number of rotatable bonds is 4. The maximum absolute atomic E-state index is 15.6. The molecule has 154 valence electrons. The Morgan fingerprint density at radius 3 is 2.63 bits per heavy atom. The molecule has 3 heterocycles. The highest BCUT2D eigenvalue weighted by Gasteiger charge is 2.18. The lowest BCUT2D eigenvalue weighted by molar-refractivity contribution is 0.619. The SMILES string of the molecule is Cl.Fc1c(Cc2ccc(N3CCCC3)nc2)cc2scnc2c1-c1cccc(Cl)c1. The lowest BCUT2D eigenvalue weighted by atomic mass is 9.97.